The van der Waals surface area contributed by atoms with E-state index < -0.39 is 0 Å². The van der Waals surface area contributed by atoms with Gasteiger partial charge in [0.1, 0.15) is 0 Å². The molecule has 0 saturated heterocycles. The third-order valence-electron chi connectivity index (χ3n) is 3.84. The van der Waals surface area contributed by atoms with Crippen LogP contribution in [0.4, 0.5) is 0 Å². The van der Waals surface area contributed by atoms with Gasteiger partial charge in [-0.05, 0) is 23.6 Å². The van der Waals surface area contributed by atoms with E-state index in [0.29, 0.717) is 18.7 Å². The van der Waals surface area contributed by atoms with Gasteiger partial charge in [-0.25, -0.2) is 0 Å². The summed E-state index contributed by atoms with van der Waals surface area (Å²) in [6.45, 7) is 2.13. The van der Waals surface area contributed by atoms with Gasteiger partial charge in [-0.1, -0.05) is 18.2 Å². The quantitative estimate of drug-likeness (QED) is 0.493. The zero-order valence-corrected chi connectivity index (χ0v) is 12.8. The summed E-state index contributed by atoms with van der Waals surface area (Å²) in [5.74, 6) is -0.241. The van der Waals surface area contributed by atoms with Gasteiger partial charge < -0.3 is 15.0 Å². The Hall–Kier alpha value is -2.89. The average Bonchev–Trinajstić information content (AvgIpc) is 2.66. The second-order valence-electron chi connectivity index (χ2n) is 5.39. The fourth-order valence-electron chi connectivity index (χ4n) is 2.83. The number of hydrogen-bond donors (Lipinski definition) is 2. The smallest absolute Gasteiger partial charge is 0.246 e. The lowest BCUT2D eigenvalue weighted by Gasteiger charge is -2.31. The molecule has 0 aromatic heterocycles. The van der Waals surface area contributed by atoms with Gasteiger partial charge in [0.2, 0.25) is 11.8 Å². The Morgan fingerprint density at radius 3 is 3.00 bits per heavy atom. The Balaban J connectivity index is 2.02. The molecular formula is C17H17N3O3. The molecular weight excluding hydrogens is 294 g/mol. The van der Waals surface area contributed by atoms with E-state index in [9.17, 15) is 9.59 Å². The second-order valence-corrected chi connectivity index (χ2v) is 5.39. The molecule has 3 rings (SSSR count). The highest BCUT2D eigenvalue weighted by Gasteiger charge is 2.29. The van der Waals surface area contributed by atoms with Crippen LogP contribution in [0, 0.1) is 5.41 Å². The first-order valence-electron chi connectivity index (χ1n) is 7.37. The molecule has 6 heteroatoms. The summed E-state index contributed by atoms with van der Waals surface area (Å²) in [7, 11) is 0. The van der Waals surface area contributed by atoms with Gasteiger partial charge in [-0.15, -0.1) is 0 Å². The lowest BCUT2D eigenvalue weighted by molar-refractivity contribution is -0.128. The van der Waals surface area contributed by atoms with E-state index in [1.54, 1.807) is 17.9 Å². The van der Waals surface area contributed by atoms with E-state index in [0.717, 1.165) is 16.7 Å². The molecule has 0 unspecified atom stereocenters. The number of amides is 2. The van der Waals surface area contributed by atoms with Crippen LogP contribution in [0.2, 0.25) is 0 Å². The predicted molar refractivity (Wildman–Crippen MR) is 86.4 cm³/mol. The van der Waals surface area contributed by atoms with Crippen molar-refractivity contribution in [3.8, 4) is 0 Å². The van der Waals surface area contributed by atoms with Crippen LogP contribution in [0.1, 0.15) is 23.6 Å². The maximum Gasteiger partial charge on any atom is 0.246 e. The Bertz CT molecular complexity index is 749. The summed E-state index contributed by atoms with van der Waals surface area (Å²) in [4.78, 5) is 25.6. The van der Waals surface area contributed by atoms with Crippen LogP contribution >= 0.6 is 0 Å². The zero-order chi connectivity index (χ0) is 16.4. The summed E-state index contributed by atoms with van der Waals surface area (Å²) < 4.78 is 5.06. The highest BCUT2D eigenvalue weighted by molar-refractivity contribution is 6.04. The molecule has 0 spiro atoms. The number of benzene rings is 1. The lowest BCUT2D eigenvalue weighted by Crippen LogP contribution is -2.38. The van der Waals surface area contributed by atoms with Crippen molar-refractivity contribution in [2.45, 2.75) is 13.3 Å². The number of ether oxygens (including phenoxy) is 1. The van der Waals surface area contributed by atoms with Crippen molar-refractivity contribution in [3.63, 3.8) is 0 Å². The van der Waals surface area contributed by atoms with Crippen LogP contribution in [0.25, 0.3) is 11.8 Å². The average molecular weight is 311 g/mol. The van der Waals surface area contributed by atoms with Gasteiger partial charge >= 0.3 is 0 Å². The molecule has 0 atom stereocenters. The van der Waals surface area contributed by atoms with Crippen molar-refractivity contribution in [2.75, 3.05) is 13.1 Å². The first-order chi connectivity index (χ1) is 11.1. The Labute approximate surface area is 133 Å². The SMILES string of the molecule is CC(=N)OC=Cc1cccc2c1CCN1C(=O)CNC(=O)C=C21. The van der Waals surface area contributed by atoms with Crippen LogP contribution in [0.15, 0.2) is 30.5 Å². The molecule has 2 aliphatic heterocycles. The molecule has 2 amide bonds. The molecule has 2 N–H and O–H groups in total. The van der Waals surface area contributed by atoms with Gasteiger partial charge in [0, 0.05) is 25.1 Å². The van der Waals surface area contributed by atoms with E-state index in [1.807, 2.05) is 18.2 Å². The summed E-state index contributed by atoms with van der Waals surface area (Å²) in [6.07, 6.45) is 5.46. The van der Waals surface area contributed by atoms with Gasteiger partial charge in [-0.2, -0.15) is 0 Å². The highest BCUT2D eigenvalue weighted by Crippen LogP contribution is 2.32. The fourth-order valence-corrected chi connectivity index (χ4v) is 2.83. The molecule has 0 aliphatic carbocycles. The van der Waals surface area contributed by atoms with Crippen molar-refractivity contribution in [3.05, 3.63) is 47.2 Å². The van der Waals surface area contributed by atoms with Crippen LogP contribution in [-0.2, 0) is 20.7 Å². The zero-order valence-electron chi connectivity index (χ0n) is 12.8. The first kappa shape index (κ1) is 15.0. The summed E-state index contributed by atoms with van der Waals surface area (Å²) in [6, 6.07) is 5.75. The monoisotopic (exact) mass is 311 g/mol. The number of nitrogens with one attached hydrogen (secondary N) is 2. The van der Waals surface area contributed by atoms with Gasteiger partial charge in [0.05, 0.1) is 18.5 Å². The standard InChI is InChI=1S/C17H17N3O3/c1-11(18)23-8-6-12-3-2-4-14-13(12)5-7-20-15(14)9-16(21)19-10-17(20)22/h2-4,6,8-9,18H,5,7,10H2,1H3,(H,19,21). The molecule has 1 aromatic carbocycles. The maximum atomic E-state index is 12.1. The Kier molecular flexibility index (Phi) is 3.97. The molecule has 2 aliphatic rings. The molecule has 0 saturated carbocycles. The van der Waals surface area contributed by atoms with Gasteiger partial charge in [0.15, 0.2) is 5.90 Å². The van der Waals surface area contributed by atoms with E-state index in [1.165, 1.54) is 12.3 Å². The number of carbonyl (C=O) groups excluding carboxylic acids is 2. The third kappa shape index (κ3) is 3.01. The number of nitrogens with zero attached hydrogens (tertiary/aromatic N) is 1. The van der Waals surface area contributed by atoms with E-state index in [-0.39, 0.29) is 24.3 Å². The largest absolute Gasteiger partial charge is 0.452 e. The van der Waals surface area contributed by atoms with E-state index in [4.69, 9.17) is 10.1 Å². The predicted octanol–water partition coefficient (Wildman–Crippen LogP) is 1.53. The number of carbonyl (C=O) groups is 2. The summed E-state index contributed by atoms with van der Waals surface area (Å²) >= 11 is 0. The minimum atomic E-state index is -0.257. The molecule has 6 nitrogen and oxygen atoms in total. The molecule has 1 aromatic rings. The lowest BCUT2D eigenvalue weighted by atomic mass is 9.91. The van der Waals surface area contributed by atoms with E-state index in [2.05, 4.69) is 5.32 Å². The fraction of sp³-hybridized carbons (Fsp3) is 0.235. The second kappa shape index (κ2) is 6.08. The van der Waals surface area contributed by atoms with E-state index >= 15 is 0 Å². The van der Waals surface area contributed by atoms with Crippen molar-refractivity contribution in [1.82, 2.24) is 10.2 Å². The molecule has 118 valence electrons. The third-order valence-corrected chi connectivity index (χ3v) is 3.84. The molecule has 0 bridgehead atoms. The Morgan fingerprint density at radius 2 is 2.22 bits per heavy atom. The minimum Gasteiger partial charge on any atom is -0.452 e. The molecule has 2 heterocycles. The number of hydrogen-bond acceptors (Lipinski definition) is 4. The molecule has 0 radical (unpaired) electrons. The summed E-state index contributed by atoms with van der Waals surface area (Å²) in [5.41, 5.74) is 3.56. The Morgan fingerprint density at radius 1 is 1.39 bits per heavy atom. The van der Waals surface area contributed by atoms with Crippen LogP contribution in [0.3, 0.4) is 0 Å². The van der Waals surface area contributed by atoms with Gasteiger partial charge in [-0.3, -0.25) is 15.0 Å². The van der Waals surface area contributed by atoms with Crippen molar-refractivity contribution in [1.29, 1.82) is 5.41 Å². The molecule has 0 fully saturated rings. The number of fused-ring (bicyclic) bond motifs is 3. The van der Waals surface area contributed by atoms with Crippen LogP contribution in [0.5, 0.6) is 0 Å². The van der Waals surface area contributed by atoms with Crippen molar-refractivity contribution < 1.29 is 14.3 Å². The topological polar surface area (TPSA) is 82.5 Å². The highest BCUT2D eigenvalue weighted by atomic mass is 16.5. The van der Waals surface area contributed by atoms with Gasteiger partial charge in [0.25, 0.3) is 0 Å². The van der Waals surface area contributed by atoms with Crippen LogP contribution in [-0.4, -0.2) is 35.7 Å². The molecule has 23 heavy (non-hydrogen) atoms. The summed E-state index contributed by atoms with van der Waals surface area (Å²) in [5, 5.41) is 9.85. The van der Waals surface area contributed by atoms with Crippen molar-refractivity contribution in [2.24, 2.45) is 0 Å². The number of rotatable bonds is 2. The normalized spacial score (nSPS) is 17.1. The minimum absolute atomic E-state index is 0.0280. The van der Waals surface area contributed by atoms with Crippen molar-refractivity contribution >= 4 is 29.5 Å². The van der Waals surface area contributed by atoms with Crippen LogP contribution < -0.4 is 5.32 Å². The first-order valence-corrected chi connectivity index (χ1v) is 7.37. The maximum absolute atomic E-state index is 12.1.